The van der Waals surface area contributed by atoms with Crippen LogP contribution >= 0.6 is 0 Å². The van der Waals surface area contributed by atoms with Gasteiger partial charge < -0.3 is 14.9 Å². The van der Waals surface area contributed by atoms with Gasteiger partial charge in [-0.3, -0.25) is 14.5 Å². The predicted molar refractivity (Wildman–Crippen MR) is 127 cm³/mol. The third-order valence-electron chi connectivity index (χ3n) is 5.50. The average Bonchev–Trinajstić information content (AvgIpc) is 3.13. The fraction of sp³-hybridized carbons (Fsp3) is 0.0741. The zero-order valence-electron chi connectivity index (χ0n) is 18.2. The molecule has 2 N–H and O–H groups in total. The summed E-state index contributed by atoms with van der Waals surface area (Å²) in [6, 6.07) is 20.7. The van der Waals surface area contributed by atoms with Crippen molar-refractivity contribution in [1.29, 1.82) is 0 Å². The fourth-order valence-electron chi connectivity index (χ4n) is 3.84. The molecule has 7 heteroatoms. The zero-order valence-corrected chi connectivity index (χ0v) is 18.2. The molecule has 0 radical (unpaired) electrons. The molecule has 4 rings (SSSR count). The fourth-order valence-corrected chi connectivity index (χ4v) is 3.84. The number of aliphatic hydroxyl groups excluding tert-OH is 1. The van der Waals surface area contributed by atoms with Gasteiger partial charge in [0.2, 0.25) is 0 Å². The van der Waals surface area contributed by atoms with E-state index in [0.29, 0.717) is 11.3 Å². The number of allylic oxidation sites excluding steroid dienone is 1. The number of nitrogens with zero attached hydrogens (tertiary/aromatic N) is 1. The number of rotatable bonds is 7. The van der Waals surface area contributed by atoms with E-state index in [1.54, 1.807) is 36.4 Å². The second-order valence-electron chi connectivity index (χ2n) is 7.58. The van der Waals surface area contributed by atoms with Gasteiger partial charge in [-0.1, -0.05) is 54.6 Å². The van der Waals surface area contributed by atoms with Crippen molar-refractivity contribution in [2.45, 2.75) is 6.04 Å². The van der Waals surface area contributed by atoms with E-state index in [9.17, 15) is 24.6 Å². The second kappa shape index (κ2) is 9.46. The third kappa shape index (κ3) is 4.31. The quantitative estimate of drug-likeness (QED) is 0.506. The SMILES string of the molecule is COc1ccc([C@@H]2C(C(=O)/C=C/c3ccccc3)=C(O)C(=O)N2c2cccc(C(=O)O)c2)cc1. The maximum Gasteiger partial charge on any atom is 0.335 e. The van der Waals surface area contributed by atoms with Crippen LogP contribution in [0.1, 0.15) is 27.5 Å². The van der Waals surface area contributed by atoms with Crippen LogP contribution in [0.3, 0.4) is 0 Å². The lowest BCUT2D eigenvalue weighted by Gasteiger charge is -2.27. The van der Waals surface area contributed by atoms with Crippen LogP contribution in [0.15, 0.2) is 96.3 Å². The molecule has 3 aromatic carbocycles. The smallest absolute Gasteiger partial charge is 0.335 e. The first-order valence-corrected chi connectivity index (χ1v) is 10.4. The molecule has 1 aliphatic heterocycles. The number of benzene rings is 3. The Morgan fingerprint density at radius 1 is 0.971 bits per heavy atom. The summed E-state index contributed by atoms with van der Waals surface area (Å²) in [4.78, 5) is 39.1. The lowest BCUT2D eigenvalue weighted by atomic mass is 9.95. The summed E-state index contributed by atoms with van der Waals surface area (Å²) in [5.41, 5.74) is 1.46. The Morgan fingerprint density at radius 3 is 2.32 bits per heavy atom. The maximum absolute atomic E-state index is 13.2. The summed E-state index contributed by atoms with van der Waals surface area (Å²) >= 11 is 0. The van der Waals surface area contributed by atoms with Gasteiger partial charge in [0, 0.05) is 5.69 Å². The minimum atomic E-state index is -1.16. The van der Waals surface area contributed by atoms with Crippen LogP contribution in [0.25, 0.3) is 6.08 Å². The van der Waals surface area contributed by atoms with E-state index < -0.39 is 29.5 Å². The number of carbonyl (C=O) groups excluding carboxylic acids is 2. The lowest BCUT2D eigenvalue weighted by Crippen LogP contribution is -2.31. The number of ether oxygens (including phenoxy) is 1. The summed E-state index contributed by atoms with van der Waals surface area (Å²) in [7, 11) is 1.52. The van der Waals surface area contributed by atoms with Crippen molar-refractivity contribution in [3.05, 3.63) is 113 Å². The summed E-state index contributed by atoms with van der Waals surface area (Å²) in [5.74, 6) is -2.58. The van der Waals surface area contributed by atoms with Crippen molar-refractivity contribution >= 4 is 29.4 Å². The standard InChI is InChI=1S/C27H21NO6/c1-34-21-13-11-18(12-14-21)24-23(22(29)15-10-17-6-3-2-4-7-17)25(30)26(31)28(24)20-9-5-8-19(16-20)27(32)33/h2-16,24,30H,1H3,(H,32,33)/b15-10+/t24-/m1/s1. The number of carboxylic acid groups (broad SMARTS) is 1. The zero-order chi connectivity index (χ0) is 24.2. The van der Waals surface area contributed by atoms with Gasteiger partial charge in [0.15, 0.2) is 11.5 Å². The molecule has 0 saturated carbocycles. The molecule has 0 fully saturated rings. The van der Waals surface area contributed by atoms with Gasteiger partial charge in [-0.25, -0.2) is 4.79 Å². The molecule has 1 atom stereocenters. The number of anilines is 1. The van der Waals surface area contributed by atoms with Crippen LogP contribution in [-0.2, 0) is 9.59 Å². The molecular weight excluding hydrogens is 434 g/mol. The van der Waals surface area contributed by atoms with E-state index in [4.69, 9.17) is 4.74 Å². The highest BCUT2D eigenvalue weighted by atomic mass is 16.5. The Morgan fingerprint density at radius 2 is 1.68 bits per heavy atom. The highest BCUT2D eigenvalue weighted by molar-refractivity contribution is 6.20. The van der Waals surface area contributed by atoms with E-state index in [-0.39, 0.29) is 16.8 Å². The molecule has 1 amide bonds. The summed E-state index contributed by atoms with van der Waals surface area (Å²) < 4.78 is 5.20. The molecule has 170 valence electrons. The van der Waals surface area contributed by atoms with Crippen LogP contribution in [0.4, 0.5) is 5.69 Å². The van der Waals surface area contributed by atoms with Crippen molar-refractivity contribution < 1.29 is 29.3 Å². The number of aliphatic hydroxyl groups is 1. The van der Waals surface area contributed by atoms with Gasteiger partial charge in [-0.15, -0.1) is 0 Å². The van der Waals surface area contributed by atoms with Gasteiger partial charge >= 0.3 is 5.97 Å². The van der Waals surface area contributed by atoms with Gasteiger partial charge in [0.1, 0.15) is 5.75 Å². The predicted octanol–water partition coefficient (Wildman–Crippen LogP) is 4.58. The Bertz CT molecular complexity index is 1310. The van der Waals surface area contributed by atoms with E-state index in [0.717, 1.165) is 5.56 Å². The highest BCUT2D eigenvalue weighted by Gasteiger charge is 2.43. The van der Waals surface area contributed by atoms with Gasteiger partial charge in [0.25, 0.3) is 5.91 Å². The molecule has 0 aromatic heterocycles. The van der Waals surface area contributed by atoms with E-state index >= 15 is 0 Å². The van der Waals surface area contributed by atoms with Crippen LogP contribution in [-0.4, -0.2) is 35.0 Å². The minimum absolute atomic E-state index is 0.0259. The topological polar surface area (TPSA) is 104 Å². The van der Waals surface area contributed by atoms with Crippen LogP contribution < -0.4 is 9.64 Å². The number of methoxy groups -OCH3 is 1. The molecule has 1 heterocycles. The minimum Gasteiger partial charge on any atom is -0.503 e. The Balaban J connectivity index is 1.80. The van der Waals surface area contributed by atoms with Crippen molar-refractivity contribution in [3.8, 4) is 5.75 Å². The van der Waals surface area contributed by atoms with E-state index in [2.05, 4.69) is 0 Å². The van der Waals surface area contributed by atoms with Crippen molar-refractivity contribution in [1.82, 2.24) is 0 Å². The first kappa shape index (κ1) is 22.5. The highest BCUT2D eigenvalue weighted by Crippen LogP contribution is 2.41. The normalized spacial score (nSPS) is 15.7. The number of hydrogen-bond donors (Lipinski definition) is 2. The largest absolute Gasteiger partial charge is 0.503 e. The second-order valence-corrected chi connectivity index (χ2v) is 7.58. The number of aromatic carboxylic acids is 1. The summed E-state index contributed by atoms with van der Waals surface area (Å²) in [6.45, 7) is 0. The first-order chi connectivity index (χ1) is 16.4. The molecule has 0 spiro atoms. The Kier molecular flexibility index (Phi) is 6.27. The summed E-state index contributed by atoms with van der Waals surface area (Å²) in [6.07, 6.45) is 2.91. The number of carbonyl (C=O) groups is 3. The Hall–Kier alpha value is -4.65. The van der Waals surface area contributed by atoms with Gasteiger partial charge in [-0.2, -0.15) is 0 Å². The maximum atomic E-state index is 13.2. The first-order valence-electron chi connectivity index (χ1n) is 10.4. The van der Waals surface area contributed by atoms with Gasteiger partial charge in [-0.05, 0) is 47.5 Å². The van der Waals surface area contributed by atoms with Crippen LogP contribution in [0.5, 0.6) is 5.75 Å². The molecule has 0 unspecified atom stereocenters. The lowest BCUT2D eigenvalue weighted by molar-refractivity contribution is -0.117. The van der Waals surface area contributed by atoms with Crippen molar-refractivity contribution in [3.63, 3.8) is 0 Å². The van der Waals surface area contributed by atoms with E-state index in [1.807, 2.05) is 30.3 Å². The van der Waals surface area contributed by atoms with Crippen LogP contribution in [0, 0.1) is 0 Å². The molecule has 3 aromatic rings. The average molecular weight is 455 g/mol. The molecule has 34 heavy (non-hydrogen) atoms. The molecular formula is C27H21NO6. The third-order valence-corrected chi connectivity index (χ3v) is 5.50. The monoisotopic (exact) mass is 455 g/mol. The molecule has 0 aliphatic carbocycles. The number of amides is 1. The van der Waals surface area contributed by atoms with Gasteiger partial charge in [0.05, 0.1) is 24.3 Å². The number of ketones is 1. The summed E-state index contributed by atoms with van der Waals surface area (Å²) in [5, 5.41) is 20.1. The van der Waals surface area contributed by atoms with Crippen molar-refractivity contribution in [2.75, 3.05) is 12.0 Å². The molecule has 0 saturated heterocycles. The molecule has 0 bridgehead atoms. The molecule has 7 nitrogen and oxygen atoms in total. The Labute approximate surface area is 195 Å². The number of hydrogen-bond acceptors (Lipinski definition) is 5. The number of carboxylic acids is 1. The molecule has 1 aliphatic rings. The van der Waals surface area contributed by atoms with E-state index in [1.165, 1.54) is 36.3 Å². The van der Waals surface area contributed by atoms with Crippen molar-refractivity contribution in [2.24, 2.45) is 0 Å². The van der Waals surface area contributed by atoms with Crippen LogP contribution in [0.2, 0.25) is 0 Å².